The van der Waals surface area contributed by atoms with Crippen molar-refractivity contribution in [3.63, 3.8) is 0 Å². The van der Waals surface area contributed by atoms with Gasteiger partial charge in [-0.1, -0.05) is 5.16 Å². The molecule has 1 saturated heterocycles. The number of aryl methyl sites for hydroxylation is 2. The van der Waals surface area contributed by atoms with Crippen LogP contribution in [-0.2, 0) is 0 Å². The van der Waals surface area contributed by atoms with Gasteiger partial charge in [0.25, 0.3) is 5.91 Å². The molecule has 4 rings (SSSR count). The van der Waals surface area contributed by atoms with Crippen LogP contribution in [0.3, 0.4) is 0 Å². The molecule has 1 amide bonds. The second-order valence-corrected chi connectivity index (χ2v) is 7.27. The average Bonchev–Trinajstić information content (AvgIpc) is 3.04. The second kappa shape index (κ2) is 7.10. The van der Waals surface area contributed by atoms with E-state index in [1.807, 2.05) is 30.0 Å². The van der Waals surface area contributed by atoms with E-state index in [1.54, 1.807) is 20.2 Å². The molecular weight excluding hydrogens is 356 g/mol. The summed E-state index contributed by atoms with van der Waals surface area (Å²) >= 11 is 0. The van der Waals surface area contributed by atoms with Gasteiger partial charge in [-0.2, -0.15) is 0 Å². The summed E-state index contributed by atoms with van der Waals surface area (Å²) in [5, 5.41) is 4.92. The number of carbonyl (C=O) groups excluding carboxylic acids is 1. The Kier molecular flexibility index (Phi) is 4.62. The van der Waals surface area contributed by atoms with Gasteiger partial charge in [0.05, 0.1) is 11.2 Å². The number of benzene rings is 1. The Morgan fingerprint density at radius 2 is 1.86 bits per heavy atom. The quantitative estimate of drug-likeness (QED) is 0.690. The Labute approximate surface area is 163 Å². The molecule has 1 aliphatic heterocycles. The minimum atomic E-state index is -0.00212. The summed E-state index contributed by atoms with van der Waals surface area (Å²) in [6.45, 7) is 6.44. The summed E-state index contributed by atoms with van der Waals surface area (Å²) in [6, 6.07) is 6.25. The minimum absolute atomic E-state index is 0.00212. The third-order valence-electron chi connectivity index (χ3n) is 5.20. The summed E-state index contributed by atoms with van der Waals surface area (Å²) in [5.74, 6) is 1.48. The predicted molar refractivity (Wildman–Crippen MR) is 108 cm³/mol. The van der Waals surface area contributed by atoms with Gasteiger partial charge in [-0.3, -0.25) is 4.79 Å². The summed E-state index contributed by atoms with van der Waals surface area (Å²) < 4.78 is 5.15. The summed E-state index contributed by atoms with van der Waals surface area (Å²) in [4.78, 5) is 27.8. The largest absolute Gasteiger partial charge is 0.368 e. The zero-order chi connectivity index (χ0) is 19.8. The van der Waals surface area contributed by atoms with Crippen molar-refractivity contribution in [2.75, 3.05) is 50.1 Å². The van der Waals surface area contributed by atoms with E-state index in [4.69, 9.17) is 4.52 Å². The highest BCUT2D eigenvalue weighted by atomic mass is 16.5. The fourth-order valence-corrected chi connectivity index (χ4v) is 3.70. The number of hydrogen-bond donors (Lipinski definition) is 0. The first-order valence-corrected chi connectivity index (χ1v) is 9.35. The van der Waals surface area contributed by atoms with Crippen molar-refractivity contribution in [2.24, 2.45) is 0 Å². The summed E-state index contributed by atoms with van der Waals surface area (Å²) in [7, 11) is 3.96. The fourth-order valence-electron chi connectivity index (χ4n) is 3.70. The van der Waals surface area contributed by atoms with Gasteiger partial charge in [0, 0.05) is 51.3 Å². The molecule has 2 aromatic heterocycles. The lowest BCUT2D eigenvalue weighted by atomic mass is 10.1. The lowest BCUT2D eigenvalue weighted by Gasteiger charge is -2.36. The lowest BCUT2D eigenvalue weighted by molar-refractivity contribution is 0.0744. The summed E-state index contributed by atoms with van der Waals surface area (Å²) in [5.41, 5.74) is 3.28. The zero-order valence-corrected chi connectivity index (χ0v) is 16.6. The zero-order valence-electron chi connectivity index (χ0n) is 16.6. The van der Waals surface area contributed by atoms with Crippen LogP contribution < -0.4 is 9.80 Å². The van der Waals surface area contributed by atoms with Gasteiger partial charge in [-0.25, -0.2) is 9.97 Å². The van der Waals surface area contributed by atoms with Gasteiger partial charge in [0.2, 0.25) is 0 Å². The highest BCUT2D eigenvalue weighted by Crippen LogP contribution is 2.27. The second-order valence-electron chi connectivity index (χ2n) is 7.27. The Morgan fingerprint density at radius 1 is 1.11 bits per heavy atom. The number of nitrogens with zero attached hydrogens (tertiary/aromatic N) is 6. The molecule has 0 atom stereocenters. The third kappa shape index (κ3) is 3.15. The smallest absolute Gasteiger partial charge is 0.259 e. The fraction of sp³-hybridized carbons (Fsp3) is 0.400. The highest BCUT2D eigenvalue weighted by Gasteiger charge is 2.27. The number of fused-ring (bicyclic) bond motifs is 1. The molecule has 28 heavy (non-hydrogen) atoms. The summed E-state index contributed by atoms with van der Waals surface area (Å²) in [6.07, 6.45) is 1.59. The first-order valence-electron chi connectivity index (χ1n) is 9.35. The number of piperazine rings is 1. The number of carbonyl (C=O) groups is 1. The van der Waals surface area contributed by atoms with Gasteiger partial charge in [0.1, 0.15) is 23.5 Å². The monoisotopic (exact) mass is 380 g/mol. The Morgan fingerprint density at radius 3 is 2.50 bits per heavy atom. The number of aromatic nitrogens is 3. The average molecular weight is 380 g/mol. The van der Waals surface area contributed by atoms with Crippen LogP contribution in [0.1, 0.15) is 21.8 Å². The van der Waals surface area contributed by atoms with Crippen molar-refractivity contribution in [2.45, 2.75) is 13.8 Å². The van der Waals surface area contributed by atoms with Crippen molar-refractivity contribution < 1.29 is 9.32 Å². The molecule has 0 unspecified atom stereocenters. The van der Waals surface area contributed by atoms with E-state index >= 15 is 0 Å². The molecule has 8 heteroatoms. The van der Waals surface area contributed by atoms with Crippen LogP contribution in [0, 0.1) is 13.8 Å². The van der Waals surface area contributed by atoms with Crippen LogP contribution in [0.25, 0.3) is 10.9 Å². The van der Waals surface area contributed by atoms with Gasteiger partial charge >= 0.3 is 0 Å². The van der Waals surface area contributed by atoms with Crippen molar-refractivity contribution in [3.8, 4) is 0 Å². The topological polar surface area (TPSA) is 78.6 Å². The van der Waals surface area contributed by atoms with E-state index in [-0.39, 0.29) is 5.91 Å². The molecule has 0 bridgehead atoms. The van der Waals surface area contributed by atoms with Gasteiger partial charge in [-0.15, -0.1) is 0 Å². The number of hydrogen-bond acceptors (Lipinski definition) is 7. The molecule has 0 saturated carbocycles. The first kappa shape index (κ1) is 18.2. The van der Waals surface area contributed by atoms with Crippen molar-refractivity contribution >= 4 is 28.3 Å². The molecule has 1 aliphatic rings. The molecule has 0 radical (unpaired) electrons. The van der Waals surface area contributed by atoms with E-state index < -0.39 is 0 Å². The van der Waals surface area contributed by atoms with E-state index in [0.29, 0.717) is 30.1 Å². The molecule has 146 valence electrons. The molecule has 0 spiro atoms. The van der Waals surface area contributed by atoms with Crippen molar-refractivity contribution in [3.05, 3.63) is 41.5 Å². The van der Waals surface area contributed by atoms with Crippen molar-refractivity contribution in [1.82, 2.24) is 20.0 Å². The number of anilines is 2. The van der Waals surface area contributed by atoms with Gasteiger partial charge in [0.15, 0.2) is 0 Å². The first-order chi connectivity index (χ1) is 13.5. The van der Waals surface area contributed by atoms with Crippen molar-refractivity contribution in [1.29, 1.82) is 0 Å². The van der Waals surface area contributed by atoms with Gasteiger partial charge < -0.3 is 19.2 Å². The number of amides is 1. The Balaban J connectivity index is 1.52. The van der Waals surface area contributed by atoms with E-state index in [0.717, 1.165) is 35.5 Å². The minimum Gasteiger partial charge on any atom is -0.368 e. The molecule has 3 aromatic rings. The maximum atomic E-state index is 12.8. The Bertz CT molecular complexity index is 1000. The van der Waals surface area contributed by atoms with Crippen LogP contribution in [0.15, 0.2) is 29.0 Å². The van der Waals surface area contributed by atoms with Crippen LogP contribution in [0.2, 0.25) is 0 Å². The molecule has 1 fully saturated rings. The molecule has 8 nitrogen and oxygen atoms in total. The molecule has 1 aromatic carbocycles. The molecule has 0 aliphatic carbocycles. The van der Waals surface area contributed by atoms with E-state index in [9.17, 15) is 4.79 Å². The third-order valence-corrected chi connectivity index (χ3v) is 5.20. The van der Waals surface area contributed by atoms with Crippen LogP contribution in [-0.4, -0.2) is 66.2 Å². The SMILES string of the molecule is Cc1noc(C)c1C(=O)N1CCN(c2ccc3ncnc(N(C)C)c3c2)CC1. The maximum Gasteiger partial charge on any atom is 0.259 e. The maximum absolute atomic E-state index is 12.8. The van der Waals surface area contributed by atoms with E-state index in [2.05, 4.69) is 32.2 Å². The molecule has 0 N–H and O–H groups in total. The van der Waals surface area contributed by atoms with Crippen LogP contribution >= 0.6 is 0 Å². The lowest BCUT2D eigenvalue weighted by Crippen LogP contribution is -2.49. The Hall–Kier alpha value is -3.16. The van der Waals surface area contributed by atoms with Crippen LogP contribution in [0.5, 0.6) is 0 Å². The number of rotatable bonds is 3. The standard InChI is InChI=1S/C20H24N6O2/c1-13-18(14(2)28-23-13)20(27)26-9-7-25(8-10-26)15-5-6-17-16(11-15)19(24(3)4)22-12-21-17/h5-6,11-12H,7-10H2,1-4H3. The molecular formula is C20H24N6O2. The normalized spacial score (nSPS) is 14.6. The van der Waals surface area contributed by atoms with E-state index in [1.165, 1.54) is 0 Å². The van der Waals surface area contributed by atoms with Gasteiger partial charge in [-0.05, 0) is 32.0 Å². The highest BCUT2D eigenvalue weighted by molar-refractivity contribution is 5.96. The molecule has 3 heterocycles. The predicted octanol–water partition coefficient (Wildman–Crippen LogP) is 2.26. The van der Waals surface area contributed by atoms with Crippen LogP contribution in [0.4, 0.5) is 11.5 Å².